The summed E-state index contributed by atoms with van der Waals surface area (Å²) in [6.07, 6.45) is 13.1. The van der Waals surface area contributed by atoms with Crippen LogP contribution in [0.25, 0.3) is 0 Å². The van der Waals surface area contributed by atoms with Crippen LogP contribution in [0.3, 0.4) is 0 Å². The predicted octanol–water partition coefficient (Wildman–Crippen LogP) is 6.53. The maximum Gasteiger partial charge on any atom is 0.00749 e. The third kappa shape index (κ3) is 6.35. The summed E-state index contributed by atoms with van der Waals surface area (Å²) in [6.45, 7) is 6.80. The van der Waals surface area contributed by atoms with E-state index in [1.54, 1.807) is 0 Å². The molecule has 0 radical (unpaired) electrons. The van der Waals surface area contributed by atoms with Gasteiger partial charge in [-0.25, -0.2) is 0 Å². The van der Waals surface area contributed by atoms with Crippen LogP contribution in [0.2, 0.25) is 0 Å². The lowest BCUT2D eigenvalue weighted by molar-refractivity contribution is 0.659. The Morgan fingerprint density at radius 2 is 1.30 bits per heavy atom. The van der Waals surface area contributed by atoms with Gasteiger partial charge in [-0.05, 0) is 55.4 Å². The molecule has 0 bridgehead atoms. The molecule has 0 nitrogen and oxygen atoms in total. The van der Waals surface area contributed by atoms with Crippen molar-refractivity contribution < 1.29 is 0 Å². The Balaban J connectivity index is 2.52. The van der Waals surface area contributed by atoms with E-state index in [4.69, 9.17) is 12.6 Å². The summed E-state index contributed by atoms with van der Waals surface area (Å²) in [5, 5.41) is 0. The Morgan fingerprint density at radius 1 is 0.750 bits per heavy atom. The molecule has 20 heavy (non-hydrogen) atoms. The van der Waals surface area contributed by atoms with Crippen LogP contribution in [0.4, 0.5) is 0 Å². The minimum atomic E-state index is 1.19. The minimum Gasteiger partial charge on any atom is -0.143 e. The van der Waals surface area contributed by atoms with E-state index in [2.05, 4.69) is 32.9 Å². The molecule has 0 aromatic heterocycles. The third-order valence-corrected chi connectivity index (χ3v) is 4.55. The van der Waals surface area contributed by atoms with Crippen molar-refractivity contribution in [3.8, 4) is 0 Å². The highest BCUT2D eigenvalue weighted by molar-refractivity contribution is 7.80. The van der Waals surface area contributed by atoms with Crippen molar-refractivity contribution in [3.63, 3.8) is 0 Å². The highest BCUT2D eigenvalue weighted by Gasteiger charge is 2.05. The van der Waals surface area contributed by atoms with Gasteiger partial charge in [0.2, 0.25) is 0 Å². The molecule has 0 saturated heterocycles. The second-order valence-corrected chi connectivity index (χ2v) is 6.51. The first-order valence-electron chi connectivity index (χ1n) is 8.50. The smallest absolute Gasteiger partial charge is 0.00749 e. The van der Waals surface area contributed by atoms with Crippen LogP contribution in [0.1, 0.15) is 81.9 Å². The summed E-state index contributed by atoms with van der Waals surface area (Å²) >= 11 is 4.70. The summed E-state index contributed by atoms with van der Waals surface area (Å²) in [4.78, 5) is 1.21. The molecular formula is C19H32S. The molecule has 0 N–H and O–H groups in total. The first-order valence-corrected chi connectivity index (χ1v) is 8.95. The van der Waals surface area contributed by atoms with Gasteiger partial charge in [-0.2, -0.15) is 0 Å². The van der Waals surface area contributed by atoms with Gasteiger partial charge in [0.25, 0.3) is 0 Å². The Labute approximate surface area is 131 Å². The number of hydrogen-bond donors (Lipinski definition) is 1. The molecule has 114 valence electrons. The fourth-order valence-electron chi connectivity index (χ4n) is 2.75. The molecule has 0 aliphatic rings. The van der Waals surface area contributed by atoms with E-state index in [0.717, 1.165) is 0 Å². The standard InChI is InChI=1S/C19H32S/c1-4-6-8-10-12-17-15-19(20)18(14-16(17)3)13-11-9-7-5-2/h14-15,20H,4-13H2,1-3H3. The maximum atomic E-state index is 4.70. The van der Waals surface area contributed by atoms with Gasteiger partial charge in [-0.1, -0.05) is 58.4 Å². The molecule has 1 aromatic rings. The molecule has 0 atom stereocenters. The Morgan fingerprint density at radius 3 is 1.85 bits per heavy atom. The molecule has 1 heteroatoms. The lowest BCUT2D eigenvalue weighted by Crippen LogP contribution is -1.96. The topological polar surface area (TPSA) is 0 Å². The van der Waals surface area contributed by atoms with Crippen molar-refractivity contribution >= 4 is 12.6 Å². The van der Waals surface area contributed by atoms with Crippen molar-refractivity contribution in [1.29, 1.82) is 0 Å². The monoisotopic (exact) mass is 292 g/mol. The van der Waals surface area contributed by atoms with Gasteiger partial charge in [0.05, 0.1) is 0 Å². The van der Waals surface area contributed by atoms with E-state index in [0.29, 0.717) is 0 Å². The highest BCUT2D eigenvalue weighted by atomic mass is 32.1. The minimum absolute atomic E-state index is 1.19. The second kappa shape index (κ2) is 10.3. The highest BCUT2D eigenvalue weighted by Crippen LogP contribution is 2.23. The summed E-state index contributed by atoms with van der Waals surface area (Å²) < 4.78 is 0. The average molecular weight is 293 g/mol. The quantitative estimate of drug-likeness (QED) is 0.368. The van der Waals surface area contributed by atoms with Crippen LogP contribution in [0, 0.1) is 6.92 Å². The summed E-state index contributed by atoms with van der Waals surface area (Å²) in [7, 11) is 0. The van der Waals surface area contributed by atoms with E-state index in [1.807, 2.05) is 0 Å². The molecule has 0 saturated carbocycles. The number of thiol groups is 1. The van der Waals surface area contributed by atoms with Gasteiger partial charge in [-0.15, -0.1) is 12.6 Å². The van der Waals surface area contributed by atoms with Crippen molar-refractivity contribution in [2.24, 2.45) is 0 Å². The number of benzene rings is 1. The van der Waals surface area contributed by atoms with Crippen molar-refractivity contribution in [1.82, 2.24) is 0 Å². The molecule has 1 rings (SSSR count). The second-order valence-electron chi connectivity index (χ2n) is 6.03. The van der Waals surface area contributed by atoms with Gasteiger partial charge in [-0.3, -0.25) is 0 Å². The van der Waals surface area contributed by atoms with Gasteiger partial charge >= 0.3 is 0 Å². The van der Waals surface area contributed by atoms with Crippen LogP contribution in [0.5, 0.6) is 0 Å². The largest absolute Gasteiger partial charge is 0.143 e. The lowest BCUT2D eigenvalue weighted by Gasteiger charge is -2.12. The van der Waals surface area contributed by atoms with Crippen LogP contribution in [-0.4, -0.2) is 0 Å². The summed E-state index contributed by atoms with van der Waals surface area (Å²) in [6, 6.07) is 4.70. The molecule has 0 spiro atoms. The zero-order valence-corrected chi connectivity index (χ0v) is 14.6. The Hall–Kier alpha value is -0.430. The summed E-state index contributed by atoms with van der Waals surface area (Å²) in [5.74, 6) is 0. The first kappa shape index (κ1) is 17.6. The Bertz CT molecular complexity index is 344. The fraction of sp³-hybridized carbons (Fsp3) is 0.684. The average Bonchev–Trinajstić information content (AvgIpc) is 2.44. The zero-order chi connectivity index (χ0) is 14.8. The Kier molecular flexibility index (Phi) is 9.09. The molecule has 0 unspecified atom stereocenters. The molecule has 0 aliphatic heterocycles. The van der Waals surface area contributed by atoms with Gasteiger partial charge in [0.15, 0.2) is 0 Å². The van der Waals surface area contributed by atoms with Crippen molar-refractivity contribution in [3.05, 3.63) is 28.8 Å². The van der Waals surface area contributed by atoms with E-state index >= 15 is 0 Å². The van der Waals surface area contributed by atoms with E-state index in [1.165, 1.54) is 85.8 Å². The fourth-order valence-corrected chi connectivity index (χ4v) is 3.09. The normalized spacial score (nSPS) is 11.0. The zero-order valence-electron chi connectivity index (χ0n) is 13.7. The lowest BCUT2D eigenvalue weighted by atomic mass is 9.97. The van der Waals surface area contributed by atoms with Crippen LogP contribution in [-0.2, 0) is 12.8 Å². The van der Waals surface area contributed by atoms with Crippen LogP contribution in [0.15, 0.2) is 17.0 Å². The van der Waals surface area contributed by atoms with Crippen molar-refractivity contribution in [2.45, 2.75) is 89.9 Å². The predicted molar refractivity (Wildman–Crippen MR) is 94.1 cm³/mol. The van der Waals surface area contributed by atoms with E-state index in [-0.39, 0.29) is 0 Å². The number of rotatable bonds is 10. The van der Waals surface area contributed by atoms with E-state index < -0.39 is 0 Å². The molecule has 0 aliphatic carbocycles. The molecule has 1 aromatic carbocycles. The van der Waals surface area contributed by atoms with Crippen LogP contribution < -0.4 is 0 Å². The van der Waals surface area contributed by atoms with Crippen LogP contribution >= 0.6 is 12.6 Å². The number of aryl methyl sites for hydroxylation is 3. The first-order chi connectivity index (χ1) is 9.69. The van der Waals surface area contributed by atoms with E-state index in [9.17, 15) is 0 Å². The summed E-state index contributed by atoms with van der Waals surface area (Å²) in [5.41, 5.74) is 4.41. The molecule has 0 heterocycles. The third-order valence-electron chi connectivity index (χ3n) is 4.14. The number of hydrogen-bond acceptors (Lipinski definition) is 1. The molecule has 0 amide bonds. The SMILES string of the molecule is CCCCCCc1cc(S)c(CCCCCC)cc1C. The number of unbranched alkanes of at least 4 members (excludes halogenated alkanes) is 6. The van der Waals surface area contributed by atoms with Gasteiger partial charge in [0, 0.05) is 4.90 Å². The van der Waals surface area contributed by atoms with Gasteiger partial charge in [0.1, 0.15) is 0 Å². The van der Waals surface area contributed by atoms with Gasteiger partial charge < -0.3 is 0 Å². The molecular weight excluding hydrogens is 260 g/mol. The van der Waals surface area contributed by atoms with Crippen molar-refractivity contribution in [2.75, 3.05) is 0 Å². The maximum absolute atomic E-state index is 4.70. The molecule has 0 fully saturated rings.